The lowest BCUT2D eigenvalue weighted by molar-refractivity contribution is 0.243. The monoisotopic (exact) mass is 365 g/mol. The molecule has 0 aromatic carbocycles. The van der Waals surface area contributed by atoms with Crippen LogP contribution in [-0.4, -0.2) is 31.7 Å². The Morgan fingerprint density at radius 2 is 2.07 bits per heavy atom. The first-order valence-corrected chi connectivity index (χ1v) is 8.81. The molecule has 0 amide bonds. The maximum Gasteiger partial charge on any atom is 0.204 e. The van der Waals surface area contributed by atoms with E-state index in [2.05, 4.69) is 42.4 Å². The van der Waals surface area contributed by atoms with Crippen LogP contribution in [0, 0.1) is 5.82 Å². The van der Waals surface area contributed by atoms with E-state index in [9.17, 15) is 4.39 Å². The number of rotatable bonds is 7. The molecule has 1 aliphatic carbocycles. The lowest BCUT2D eigenvalue weighted by Crippen LogP contribution is -2.42. The molecule has 8 heteroatoms. The molecule has 0 saturated heterocycles. The highest BCUT2D eigenvalue weighted by molar-refractivity contribution is 5.70. The summed E-state index contributed by atoms with van der Waals surface area (Å²) < 4.78 is 14.2. The maximum absolute atomic E-state index is 14.2. The molecule has 7 nitrogen and oxygen atoms in total. The third-order valence-electron chi connectivity index (χ3n) is 4.92. The molecule has 0 spiro atoms. The largest absolute Gasteiger partial charge is 0.368 e. The number of halogens is 1. The van der Waals surface area contributed by atoms with Crippen molar-refractivity contribution in [1.82, 2.24) is 25.1 Å². The number of imidazole rings is 1. The van der Waals surface area contributed by atoms with Gasteiger partial charge in [0.25, 0.3) is 0 Å². The summed E-state index contributed by atoms with van der Waals surface area (Å²) >= 11 is 0. The molecule has 138 valence electrons. The van der Waals surface area contributed by atoms with Crippen molar-refractivity contribution < 1.29 is 4.39 Å². The van der Waals surface area contributed by atoms with E-state index in [1.54, 1.807) is 24.7 Å². The minimum atomic E-state index is -0.282. The summed E-state index contributed by atoms with van der Waals surface area (Å²) in [7, 11) is 0. The molecule has 4 rings (SSSR count). The SMILES string of the molecule is C=C(Nc1ncc[nH]1)c1ccc(NCC2(c3ncccc3F)CCC2)nn1. The van der Waals surface area contributed by atoms with Crippen molar-refractivity contribution in [2.75, 3.05) is 17.2 Å². The summed E-state index contributed by atoms with van der Waals surface area (Å²) in [5.74, 6) is 0.973. The van der Waals surface area contributed by atoms with Crippen molar-refractivity contribution in [3.05, 3.63) is 66.6 Å². The van der Waals surface area contributed by atoms with Crippen molar-refractivity contribution >= 4 is 17.5 Å². The number of anilines is 2. The van der Waals surface area contributed by atoms with Crippen molar-refractivity contribution in [2.45, 2.75) is 24.7 Å². The van der Waals surface area contributed by atoms with Gasteiger partial charge in [0.15, 0.2) is 0 Å². The van der Waals surface area contributed by atoms with Crippen molar-refractivity contribution in [2.24, 2.45) is 0 Å². The van der Waals surface area contributed by atoms with Crippen LogP contribution in [0.5, 0.6) is 0 Å². The normalized spacial score (nSPS) is 15.0. The lowest BCUT2D eigenvalue weighted by Gasteiger charge is -2.41. The molecule has 0 radical (unpaired) electrons. The molecular formula is C19H20FN7. The maximum atomic E-state index is 14.2. The highest BCUT2D eigenvalue weighted by Crippen LogP contribution is 2.43. The van der Waals surface area contributed by atoms with Gasteiger partial charge in [0.05, 0.1) is 11.4 Å². The van der Waals surface area contributed by atoms with Crippen molar-refractivity contribution in [3.63, 3.8) is 0 Å². The highest BCUT2D eigenvalue weighted by Gasteiger charge is 2.41. The predicted octanol–water partition coefficient (Wildman–Crippen LogP) is 3.35. The first kappa shape index (κ1) is 17.1. The third kappa shape index (κ3) is 3.51. The number of H-pyrrole nitrogens is 1. The molecule has 1 fully saturated rings. The molecule has 0 atom stereocenters. The van der Waals surface area contributed by atoms with Gasteiger partial charge >= 0.3 is 0 Å². The summed E-state index contributed by atoms with van der Waals surface area (Å²) in [5.41, 5.74) is 1.46. The summed E-state index contributed by atoms with van der Waals surface area (Å²) in [4.78, 5) is 11.3. The fourth-order valence-electron chi connectivity index (χ4n) is 3.26. The Hall–Kier alpha value is -3.29. The zero-order valence-corrected chi connectivity index (χ0v) is 14.7. The average molecular weight is 365 g/mol. The Kier molecular flexibility index (Phi) is 4.53. The van der Waals surface area contributed by atoms with Crippen LogP contribution < -0.4 is 10.6 Å². The lowest BCUT2D eigenvalue weighted by atomic mass is 9.66. The smallest absolute Gasteiger partial charge is 0.204 e. The van der Waals surface area contributed by atoms with Crippen LogP contribution >= 0.6 is 0 Å². The van der Waals surface area contributed by atoms with Crippen LogP contribution in [0.25, 0.3) is 5.70 Å². The van der Waals surface area contributed by atoms with Crippen molar-refractivity contribution in [3.8, 4) is 0 Å². The van der Waals surface area contributed by atoms with Gasteiger partial charge in [-0.1, -0.05) is 13.0 Å². The molecule has 0 bridgehead atoms. The molecule has 27 heavy (non-hydrogen) atoms. The Labute approximate surface area is 156 Å². The first-order valence-electron chi connectivity index (χ1n) is 8.81. The van der Waals surface area contributed by atoms with Crippen LogP contribution in [0.4, 0.5) is 16.2 Å². The average Bonchev–Trinajstić information content (AvgIpc) is 3.15. The molecular weight excluding hydrogens is 345 g/mol. The number of pyridine rings is 1. The number of hydrogen-bond donors (Lipinski definition) is 3. The van der Waals surface area contributed by atoms with E-state index in [1.807, 2.05) is 12.1 Å². The van der Waals surface area contributed by atoms with Crippen LogP contribution in [0.3, 0.4) is 0 Å². The van der Waals surface area contributed by atoms with Crippen LogP contribution in [0.1, 0.15) is 30.7 Å². The second-order valence-electron chi connectivity index (χ2n) is 6.67. The predicted molar refractivity (Wildman–Crippen MR) is 101 cm³/mol. The Morgan fingerprint density at radius 1 is 1.19 bits per heavy atom. The molecule has 1 aliphatic rings. The van der Waals surface area contributed by atoms with Gasteiger partial charge in [0.2, 0.25) is 5.95 Å². The summed E-state index contributed by atoms with van der Waals surface area (Å²) in [6.45, 7) is 4.51. The van der Waals surface area contributed by atoms with E-state index >= 15 is 0 Å². The number of nitrogens with one attached hydrogen (secondary N) is 3. The topological polar surface area (TPSA) is 91.4 Å². The second kappa shape index (κ2) is 7.14. The fraction of sp³-hybridized carbons (Fsp3) is 0.263. The molecule has 3 heterocycles. The van der Waals surface area contributed by atoms with Gasteiger partial charge in [-0.3, -0.25) is 4.98 Å². The van der Waals surface area contributed by atoms with E-state index in [1.165, 1.54) is 6.07 Å². The number of aromatic nitrogens is 5. The molecule has 0 aliphatic heterocycles. The van der Waals surface area contributed by atoms with E-state index < -0.39 is 0 Å². The van der Waals surface area contributed by atoms with Gasteiger partial charge < -0.3 is 15.6 Å². The molecule has 0 unspecified atom stereocenters. The number of aromatic amines is 1. The number of hydrogen-bond acceptors (Lipinski definition) is 6. The molecule has 3 aromatic rings. The van der Waals surface area contributed by atoms with Crippen LogP contribution in [0.15, 0.2) is 49.4 Å². The summed E-state index contributed by atoms with van der Waals surface area (Å²) in [6.07, 6.45) is 7.89. The van der Waals surface area contributed by atoms with Gasteiger partial charge in [-0.2, -0.15) is 0 Å². The van der Waals surface area contributed by atoms with Gasteiger partial charge in [-0.25, -0.2) is 9.37 Å². The van der Waals surface area contributed by atoms with E-state index in [0.717, 1.165) is 19.3 Å². The Morgan fingerprint density at radius 3 is 2.70 bits per heavy atom. The van der Waals surface area contributed by atoms with Gasteiger partial charge in [-0.15, -0.1) is 10.2 Å². The highest BCUT2D eigenvalue weighted by atomic mass is 19.1. The van der Waals surface area contributed by atoms with Gasteiger partial charge in [0.1, 0.15) is 17.3 Å². The molecule has 3 N–H and O–H groups in total. The van der Waals surface area contributed by atoms with Crippen LogP contribution in [-0.2, 0) is 5.41 Å². The Balaban J connectivity index is 1.41. The minimum Gasteiger partial charge on any atom is -0.368 e. The molecule has 3 aromatic heterocycles. The molecule has 1 saturated carbocycles. The zero-order chi connectivity index (χ0) is 18.7. The summed E-state index contributed by atoms with van der Waals surface area (Å²) in [6, 6.07) is 6.74. The number of nitrogens with zero attached hydrogens (tertiary/aromatic N) is 4. The Bertz CT molecular complexity index is 917. The van der Waals surface area contributed by atoms with E-state index in [0.29, 0.717) is 35.4 Å². The first-order chi connectivity index (χ1) is 13.2. The fourth-order valence-corrected chi connectivity index (χ4v) is 3.26. The quantitative estimate of drug-likeness (QED) is 0.595. The van der Waals surface area contributed by atoms with Gasteiger partial charge in [0, 0.05) is 30.6 Å². The zero-order valence-electron chi connectivity index (χ0n) is 14.7. The standard InChI is InChI=1S/C19H20FN7/c1-13(25-18-22-10-11-23-18)15-5-6-16(27-26-15)24-12-19(7-3-8-19)17-14(20)4-2-9-21-17/h2,4-6,9-11H,1,3,7-8,12H2,(H,24,27)(H2,22,23,25). The minimum absolute atomic E-state index is 0.249. The second-order valence-corrected chi connectivity index (χ2v) is 6.67. The van der Waals surface area contributed by atoms with E-state index in [-0.39, 0.29) is 11.2 Å². The van der Waals surface area contributed by atoms with Crippen molar-refractivity contribution in [1.29, 1.82) is 0 Å². The third-order valence-corrected chi connectivity index (χ3v) is 4.92. The van der Waals surface area contributed by atoms with E-state index in [4.69, 9.17) is 0 Å². The summed E-state index contributed by atoms with van der Waals surface area (Å²) in [5, 5.41) is 14.7. The van der Waals surface area contributed by atoms with Gasteiger partial charge in [-0.05, 0) is 37.1 Å². The van der Waals surface area contributed by atoms with Crippen LogP contribution in [0.2, 0.25) is 0 Å².